The van der Waals surface area contributed by atoms with Gasteiger partial charge >= 0.3 is 0 Å². The maximum atomic E-state index is 12.4. The summed E-state index contributed by atoms with van der Waals surface area (Å²) in [5.74, 6) is 0.758. The molecule has 31 heavy (non-hydrogen) atoms. The van der Waals surface area contributed by atoms with Gasteiger partial charge < -0.3 is 10.1 Å². The molecule has 164 valence electrons. The lowest BCUT2D eigenvalue weighted by Crippen LogP contribution is -2.19. The molecule has 1 aliphatic heterocycles. The first-order valence-electron chi connectivity index (χ1n) is 11.2. The topological polar surface area (TPSA) is 50.7 Å². The van der Waals surface area contributed by atoms with Gasteiger partial charge in [-0.25, -0.2) is 4.99 Å². The van der Waals surface area contributed by atoms with Crippen molar-refractivity contribution in [1.29, 1.82) is 0 Å². The van der Waals surface area contributed by atoms with E-state index in [1.807, 2.05) is 49.4 Å². The highest BCUT2D eigenvalue weighted by atomic mass is 32.2. The van der Waals surface area contributed by atoms with E-state index in [2.05, 4.69) is 30.2 Å². The van der Waals surface area contributed by atoms with E-state index in [1.54, 1.807) is 0 Å². The average molecular weight is 437 g/mol. The fourth-order valence-electron chi connectivity index (χ4n) is 3.33. The lowest BCUT2D eigenvalue weighted by atomic mass is 10.1. The van der Waals surface area contributed by atoms with Gasteiger partial charge in [-0.15, -0.1) is 0 Å². The molecule has 1 saturated heterocycles. The Bertz CT molecular complexity index is 948. The van der Waals surface area contributed by atoms with Crippen molar-refractivity contribution in [2.75, 3.05) is 6.61 Å². The Hall–Kier alpha value is -2.53. The summed E-state index contributed by atoms with van der Waals surface area (Å²) in [7, 11) is 0. The van der Waals surface area contributed by atoms with E-state index in [1.165, 1.54) is 49.4 Å². The van der Waals surface area contributed by atoms with Crippen LogP contribution >= 0.6 is 11.8 Å². The molecule has 1 N–H and O–H groups in total. The molecule has 0 bridgehead atoms. The number of hydrogen-bond acceptors (Lipinski definition) is 4. The summed E-state index contributed by atoms with van der Waals surface area (Å²) >= 11 is 1.37. The van der Waals surface area contributed by atoms with E-state index in [0.29, 0.717) is 10.1 Å². The van der Waals surface area contributed by atoms with Gasteiger partial charge in [0, 0.05) is 0 Å². The molecule has 1 aliphatic rings. The predicted molar refractivity (Wildman–Crippen MR) is 132 cm³/mol. The number of benzene rings is 2. The largest absolute Gasteiger partial charge is 0.494 e. The Balaban J connectivity index is 1.54. The SMILES string of the molecule is CCCCCCCCOc1ccc(C=C2SC(=Nc3cccc(C)c3C)NC2=O)cc1. The Kier molecular flexibility index (Phi) is 8.77. The van der Waals surface area contributed by atoms with E-state index in [4.69, 9.17) is 4.74 Å². The van der Waals surface area contributed by atoms with Crippen molar-refractivity contribution in [1.82, 2.24) is 5.32 Å². The van der Waals surface area contributed by atoms with E-state index >= 15 is 0 Å². The zero-order valence-electron chi connectivity index (χ0n) is 18.7. The zero-order valence-corrected chi connectivity index (χ0v) is 19.6. The molecule has 5 heteroatoms. The first-order chi connectivity index (χ1) is 15.1. The predicted octanol–water partition coefficient (Wildman–Crippen LogP) is 6.93. The van der Waals surface area contributed by atoms with Crippen molar-refractivity contribution in [2.45, 2.75) is 59.3 Å². The van der Waals surface area contributed by atoms with Crippen molar-refractivity contribution in [2.24, 2.45) is 4.99 Å². The number of amidine groups is 1. The van der Waals surface area contributed by atoms with Gasteiger partial charge in [0.15, 0.2) is 5.17 Å². The van der Waals surface area contributed by atoms with Crippen LogP contribution in [0.15, 0.2) is 52.4 Å². The van der Waals surface area contributed by atoms with E-state index in [0.717, 1.165) is 35.6 Å². The molecule has 2 aromatic rings. The first kappa shape index (κ1) is 23.1. The standard InChI is InChI=1S/C26H32N2O2S/c1-4-5-6-7-8-9-17-30-22-15-13-21(14-16-22)18-24-25(29)28-26(31-24)27-23-12-10-11-19(2)20(23)3/h10-16,18H,4-9,17H2,1-3H3,(H,27,28,29). The Morgan fingerprint density at radius 3 is 2.52 bits per heavy atom. The van der Waals surface area contributed by atoms with Gasteiger partial charge in [-0.3, -0.25) is 4.79 Å². The van der Waals surface area contributed by atoms with Gasteiger partial charge in [-0.1, -0.05) is 63.3 Å². The Morgan fingerprint density at radius 1 is 1.00 bits per heavy atom. The summed E-state index contributed by atoms with van der Waals surface area (Å²) in [6, 6.07) is 13.9. The minimum absolute atomic E-state index is 0.113. The van der Waals surface area contributed by atoms with Crippen LogP contribution in [0.1, 0.15) is 62.1 Å². The molecular formula is C26H32N2O2S. The molecule has 0 aromatic heterocycles. The van der Waals surface area contributed by atoms with Gasteiger partial charge in [-0.2, -0.15) is 0 Å². The Labute approximate surface area is 190 Å². The van der Waals surface area contributed by atoms with E-state index in [9.17, 15) is 4.79 Å². The number of nitrogens with one attached hydrogen (secondary N) is 1. The maximum absolute atomic E-state index is 12.4. The van der Waals surface area contributed by atoms with Gasteiger partial charge in [-0.05, 0) is 73.0 Å². The molecule has 0 spiro atoms. The van der Waals surface area contributed by atoms with Gasteiger partial charge in [0.2, 0.25) is 0 Å². The summed E-state index contributed by atoms with van der Waals surface area (Å²) in [5, 5.41) is 3.48. The maximum Gasteiger partial charge on any atom is 0.264 e. The fourth-order valence-corrected chi connectivity index (χ4v) is 4.17. The fraction of sp³-hybridized carbons (Fsp3) is 0.385. The number of ether oxygens (including phenoxy) is 1. The summed E-state index contributed by atoms with van der Waals surface area (Å²) < 4.78 is 5.84. The third-order valence-electron chi connectivity index (χ3n) is 5.39. The minimum atomic E-state index is -0.113. The number of aliphatic imine (C=N–C) groups is 1. The average Bonchev–Trinajstić information content (AvgIpc) is 3.10. The van der Waals surface area contributed by atoms with Crippen LogP contribution in [0.2, 0.25) is 0 Å². The second kappa shape index (κ2) is 11.8. The Morgan fingerprint density at radius 2 is 1.74 bits per heavy atom. The molecular weight excluding hydrogens is 404 g/mol. The summed E-state index contributed by atoms with van der Waals surface area (Å²) in [5.41, 5.74) is 4.16. The third kappa shape index (κ3) is 7.00. The normalized spacial score (nSPS) is 16.2. The van der Waals surface area contributed by atoms with Crippen molar-refractivity contribution < 1.29 is 9.53 Å². The van der Waals surface area contributed by atoms with Crippen LogP contribution in [0.4, 0.5) is 5.69 Å². The molecule has 0 unspecified atom stereocenters. The number of aryl methyl sites for hydroxylation is 1. The lowest BCUT2D eigenvalue weighted by Gasteiger charge is -2.06. The molecule has 0 aliphatic carbocycles. The molecule has 0 radical (unpaired) electrons. The summed E-state index contributed by atoms with van der Waals surface area (Å²) in [6.07, 6.45) is 9.42. The number of nitrogens with zero attached hydrogens (tertiary/aromatic N) is 1. The number of amides is 1. The second-order valence-electron chi connectivity index (χ2n) is 7.89. The van der Waals surface area contributed by atoms with Crippen LogP contribution in [-0.2, 0) is 4.79 Å². The molecule has 1 amide bonds. The molecule has 1 heterocycles. The van der Waals surface area contributed by atoms with Crippen LogP contribution in [0.3, 0.4) is 0 Å². The quantitative estimate of drug-likeness (QED) is 0.324. The highest BCUT2D eigenvalue weighted by molar-refractivity contribution is 8.18. The number of rotatable bonds is 10. The zero-order chi connectivity index (χ0) is 22.1. The first-order valence-corrected chi connectivity index (χ1v) is 12.0. The third-order valence-corrected chi connectivity index (χ3v) is 6.30. The summed E-state index contributed by atoms with van der Waals surface area (Å²) in [6.45, 7) is 7.09. The number of carbonyl (C=O) groups is 1. The molecule has 0 atom stereocenters. The number of thioether (sulfide) groups is 1. The second-order valence-corrected chi connectivity index (χ2v) is 8.92. The minimum Gasteiger partial charge on any atom is -0.494 e. The van der Waals surface area contributed by atoms with E-state index in [-0.39, 0.29) is 5.91 Å². The smallest absolute Gasteiger partial charge is 0.264 e. The van der Waals surface area contributed by atoms with E-state index < -0.39 is 0 Å². The molecule has 1 fully saturated rings. The molecule has 2 aromatic carbocycles. The summed E-state index contributed by atoms with van der Waals surface area (Å²) in [4.78, 5) is 17.6. The van der Waals surface area contributed by atoms with Gasteiger partial charge in [0.05, 0.1) is 17.2 Å². The van der Waals surface area contributed by atoms with Crippen molar-refractivity contribution in [3.63, 3.8) is 0 Å². The van der Waals surface area contributed by atoms with Gasteiger partial charge in [0.1, 0.15) is 5.75 Å². The lowest BCUT2D eigenvalue weighted by molar-refractivity contribution is -0.115. The van der Waals surface area contributed by atoms with Crippen LogP contribution in [0.5, 0.6) is 5.75 Å². The van der Waals surface area contributed by atoms with Gasteiger partial charge in [0.25, 0.3) is 5.91 Å². The van der Waals surface area contributed by atoms with Crippen LogP contribution in [-0.4, -0.2) is 17.7 Å². The molecule has 3 rings (SSSR count). The van der Waals surface area contributed by atoms with Crippen LogP contribution < -0.4 is 10.1 Å². The molecule has 0 saturated carbocycles. The monoisotopic (exact) mass is 436 g/mol. The highest BCUT2D eigenvalue weighted by Gasteiger charge is 2.24. The van der Waals surface area contributed by atoms with Crippen molar-refractivity contribution >= 4 is 34.6 Å². The van der Waals surface area contributed by atoms with Crippen LogP contribution in [0, 0.1) is 13.8 Å². The van der Waals surface area contributed by atoms with Crippen molar-refractivity contribution in [3.8, 4) is 5.75 Å². The highest BCUT2D eigenvalue weighted by Crippen LogP contribution is 2.30. The molecule has 4 nitrogen and oxygen atoms in total. The van der Waals surface area contributed by atoms with Crippen LogP contribution in [0.25, 0.3) is 6.08 Å². The number of carbonyl (C=O) groups excluding carboxylic acids is 1. The number of hydrogen-bond donors (Lipinski definition) is 1. The number of unbranched alkanes of at least 4 members (excludes halogenated alkanes) is 5. The van der Waals surface area contributed by atoms with Crippen molar-refractivity contribution in [3.05, 3.63) is 64.1 Å².